The van der Waals surface area contributed by atoms with Crippen LogP contribution in [0, 0.1) is 11.3 Å². The fourth-order valence-corrected chi connectivity index (χ4v) is 2.56. The van der Waals surface area contributed by atoms with Crippen LogP contribution in [0.25, 0.3) is 11.0 Å². The monoisotopic (exact) mass is 332 g/mol. The first kappa shape index (κ1) is 15.9. The molecular weight excluding hydrogens is 315 g/mol. The molecule has 0 aliphatic carbocycles. The van der Waals surface area contributed by atoms with Gasteiger partial charge in [0, 0.05) is 6.54 Å². The second-order valence-corrected chi connectivity index (χ2v) is 7.23. The standard InChI is InChI=1S/C15H19Cl3N2/c1-9(2)15(3,4)8-20-13-6-11(18)10(17)5-12(13)19-14(20)7-16/h5-6,9H,7-8H2,1-4H3. The predicted octanol–water partition coefficient (Wildman–Crippen LogP) is 5.76. The first-order valence-corrected chi connectivity index (χ1v) is 7.95. The summed E-state index contributed by atoms with van der Waals surface area (Å²) < 4.78 is 2.16. The average Bonchev–Trinajstić information content (AvgIpc) is 2.67. The molecule has 110 valence electrons. The van der Waals surface area contributed by atoms with Gasteiger partial charge in [0.05, 0.1) is 27.0 Å². The highest BCUT2D eigenvalue weighted by Crippen LogP contribution is 2.33. The van der Waals surface area contributed by atoms with Gasteiger partial charge in [-0.25, -0.2) is 4.98 Å². The molecule has 0 fully saturated rings. The van der Waals surface area contributed by atoms with Gasteiger partial charge in [-0.2, -0.15) is 0 Å². The molecule has 0 saturated carbocycles. The Morgan fingerprint density at radius 1 is 1.20 bits per heavy atom. The van der Waals surface area contributed by atoms with Crippen LogP contribution in [0.3, 0.4) is 0 Å². The Labute approximate surface area is 135 Å². The van der Waals surface area contributed by atoms with Crippen LogP contribution in [0.2, 0.25) is 10.0 Å². The molecule has 2 aromatic rings. The number of fused-ring (bicyclic) bond motifs is 1. The van der Waals surface area contributed by atoms with Gasteiger partial charge in [0.2, 0.25) is 0 Å². The van der Waals surface area contributed by atoms with Crippen LogP contribution in [-0.4, -0.2) is 9.55 Å². The number of rotatable bonds is 4. The maximum atomic E-state index is 6.14. The van der Waals surface area contributed by atoms with Gasteiger partial charge in [0.15, 0.2) is 0 Å². The lowest BCUT2D eigenvalue weighted by Crippen LogP contribution is -2.26. The molecule has 20 heavy (non-hydrogen) atoms. The van der Waals surface area contributed by atoms with E-state index in [0.29, 0.717) is 21.8 Å². The summed E-state index contributed by atoms with van der Waals surface area (Å²) in [5, 5.41) is 1.07. The third kappa shape index (κ3) is 2.93. The molecule has 0 saturated heterocycles. The Morgan fingerprint density at radius 2 is 1.80 bits per heavy atom. The number of hydrogen-bond donors (Lipinski definition) is 0. The van der Waals surface area contributed by atoms with Gasteiger partial charge >= 0.3 is 0 Å². The SMILES string of the molecule is CC(C)C(C)(C)Cn1c(CCl)nc2cc(Cl)c(Cl)cc21. The topological polar surface area (TPSA) is 17.8 Å². The number of benzene rings is 1. The summed E-state index contributed by atoms with van der Waals surface area (Å²) >= 11 is 18.2. The van der Waals surface area contributed by atoms with E-state index in [1.807, 2.05) is 6.07 Å². The van der Waals surface area contributed by atoms with Gasteiger partial charge in [-0.05, 0) is 23.5 Å². The molecule has 2 nitrogen and oxygen atoms in total. The van der Waals surface area contributed by atoms with Crippen molar-refractivity contribution in [3.05, 3.63) is 28.0 Å². The van der Waals surface area contributed by atoms with Crippen molar-refractivity contribution in [1.29, 1.82) is 0 Å². The van der Waals surface area contributed by atoms with Crippen molar-refractivity contribution in [2.75, 3.05) is 0 Å². The Balaban J connectivity index is 2.59. The van der Waals surface area contributed by atoms with E-state index in [2.05, 4.69) is 37.2 Å². The lowest BCUT2D eigenvalue weighted by atomic mass is 9.81. The van der Waals surface area contributed by atoms with Crippen molar-refractivity contribution >= 4 is 45.8 Å². The van der Waals surface area contributed by atoms with Gasteiger partial charge in [0.1, 0.15) is 5.82 Å². The molecule has 5 heteroatoms. The number of aromatic nitrogens is 2. The minimum Gasteiger partial charge on any atom is -0.326 e. The Hall–Kier alpha value is -0.440. The maximum Gasteiger partial charge on any atom is 0.124 e. The molecule has 0 N–H and O–H groups in total. The number of imidazole rings is 1. The molecule has 0 aliphatic rings. The smallest absolute Gasteiger partial charge is 0.124 e. The molecule has 0 radical (unpaired) electrons. The number of alkyl halides is 1. The zero-order valence-corrected chi connectivity index (χ0v) is 14.4. The van der Waals surface area contributed by atoms with Crippen molar-refractivity contribution in [3.8, 4) is 0 Å². The highest BCUT2D eigenvalue weighted by molar-refractivity contribution is 6.42. The third-order valence-electron chi connectivity index (χ3n) is 4.12. The van der Waals surface area contributed by atoms with Crippen LogP contribution in [0.15, 0.2) is 12.1 Å². The van der Waals surface area contributed by atoms with Crippen molar-refractivity contribution < 1.29 is 0 Å². The number of halogens is 3. The number of nitrogens with zero attached hydrogens (tertiary/aromatic N) is 2. The van der Waals surface area contributed by atoms with Crippen LogP contribution in [0.5, 0.6) is 0 Å². The van der Waals surface area contributed by atoms with Gasteiger partial charge in [0.25, 0.3) is 0 Å². The van der Waals surface area contributed by atoms with Crippen molar-refractivity contribution in [2.45, 2.75) is 40.1 Å². The van der Waals surface area contributed by atoms with E-state index in [1.165, 1.54) is 0 Å². The van der Waals surface area contributed by atoms with Crippen LogP contribution in [-0.2, 0) is 12.4 Å². The lowest BCUT2D eigenvalue weighted by Gasteiger charge is -2.30. The minimum absolute atomic E-state index is 0.139. The van der Waals surface area contributed by atoms with E-state index >= 15 is 0 Å². The minimum atomic E-state index is 0.139. The third-order valence-corrected chi connectivity index (χ3v) is 5.08. The van der Waals surface area contributed by atoms with E-state index in [-0.39, 0.29) is 5.41 Å². The van der Waals surface area contributed by atoms with Crippen LogP contribution < -0.4 is 0 Å². The maximum absolute atomic E-state index is 6.14. The summed E-state index contributed by atoms with van der Waals surface area (Å²) in [5.74, 6) is 1.78. The quantitative estimate of drug-likeness (QED) is 0.650. The highest BCUT2D eigenvalue weighted by atomic mass is 35.5. The van der Waals surface area contributed by atoms with Gasteiger partial charge in [-0.3, -0.25) is 0 Å². The van der Waals surface area contributed by atoms with E-state index in [9.17, 15) is 0 Å². The molecule has 1 aromatic heterocycles. The van der Waals surface area contributed by atoms with Gasteiger partial charge < -0.3 is 4.57 Å². The second kappa shape index (κ2) is 5.75. The zero-order valence-electron chi connectivity index (χ0n) is 12.2. The summed E-state index contributed by atoms with van der Waals surface area (Å²) in [5.41, 5.74) is 1.97. The van der Waals surface area contributed by atoms with E-state index in [1.54, 1.807) is 6.07 Å². The molecule has 0 atom stereocenters. The van der Waals surface area contributed by atoms with E-state index in [4.69, 9.17) is 34.8 Å². The van der Waals surface area contributed by atoms with Gasteiger partial charge in [-0.15, -0.1) is 11.6 Å². The van der Waals surface area contributed by atoms with Crippen molar-refractivity contribution in [2.24, 2.45) is 11.3 Å². The number of hydrogen-bond acceptors (Lipinski definition) is 1. The van der Waals surface area contributed by atoms with Crippen LogP contribution in [0.1, 0.15) is 33.5 Å². The van der Waals surface area contributed by atoms with Crippen LogP contribution in [0.4, 0.5) is 0 Å². The molecule has 0 aliphatic heterocycles. The zero-order chi connectivity index (χ0) is 15.1. The molecule has 0 spiro atoms. The molecule has 1 aromatic carbocycles. The Kier molecular flexibility index (Phi) is 4.58. The summed E-state index contributed by atoms with van der Waals surface area (Å²) in [6, 6.07) is 3.67. The fraction of sp³-hybridized carbons (Fsp3) is 0.533. The van der Waals surface area contributed by atoms with E-state index < -0.39 is 0 Å². The Bertz CT molecular complexity index is 630. The first-order chi connectivity index (χ1) is 9.26. The fourth-order valence-electron chi connectivity index (χ4n) is 2.04. The van der Waals surface area contributed by atoms with Crippen LogP contribution >= 0.6 is 34.8 Å². The summed E-state index contributed by atoms with van der Waals surface area (Å²) in [6.45, 7) is 9.80. The van der Waals surface area contributed by atoms with Crippen molar-refractivity contribution in [1.82, 2.24) is 9.55 Å². The van der Waals surface area contributed by atoms with Crippen molar-refractivity contribution in [3.63, 3.8) is 0 Å². The largest absolute Gasteiger partial charge is 0.326 e. The average molecular weight is 334 g/mol. The first-order valence-electron chi connectivity index (χ1n) is 6.66. The lowest BCUT2D eigenvalue weighted by molar-refractivity contribution is 0.211. The molecule has 0 amide bonds. The Morgan fingerprint density at radius 3 is 2.35 bits per heavy atom. The summed E-state index contributed by atoms with van der Waals surface area (Å²) in [7, 11) is 0. The molecule has 2 rings (SSSR count). The molecule has 0 bridgehead atoms. The highest BCUT2D eigenvalue weighted by Gasteiger charge is 2.25. The molecule has 0 unspecified atom stereocenters. The molecule has 1 heterocycles. The molecular formula is C15H19Cl3N2. The summed E-state index contributed by atoms with van der Waals surface area (Å²) in [4.78, 5) is 4.56. The predicted molar refractivity (Wildman–Crippen MR) is 87.9 cm³/mol. The summed E-state index contributed by atoms with van der Waals surface area (Å²) in [6.07, 6.45) is 0. The second-order valence-electron chi connectivity index (χ2n) is 6.15. The normalized spacial score (nSPS) is 12.6. The van der Waals surface area contributed by atoms with E-state index in [0.717, 1.165) is 23.4 Å². The van der Waals surface area contributed by atoms with Gasteiger partial charge in [-0.1, -0.05) is 50.9 Å².